The molecule has 1 heterocycles. The summed E-state index contributed by atoms with van der Waals surface area (Å²) in [5.41, 5.74) is 2.41. The van der Waals surface area contributed by atoms with Crippen LogP contribution in [-0.2, 0) is 6.61 Å². The second-order valence-electron chi connectivity index (χ2n) is 5.29. The highest BCUT2D eigenvalue weighted by molar-refractivity contribution is 6.04. The Morgan fingerprint density at radius 1 is 1.08 bits per heavy atom. The predicted molar refractivity (Wildman–Crippen MR) is 94.1 cm³/mol. The van der Waals surface area contributed by atoms with E-state index in [0.29, 0.717) is 29.2 Å². The number of nitriles is 1. The van der Waals surface area contributed by atoms with Gasteiger partial charge in [-0.05, 0) is 35.9 Å². The van der Waals surface area contributed by atoms with Crippen LogP contribution < -0.4 is 10.1 Å². The highest BCUT2D eigenvalue weighted by atomic mass is 16.5. The average molecular weight is 329 g/mol. The maximum atomic E-state index is 12.2. The zero-order chi connectivity index (χ0) is 17.5. The van der Waals surface area contributed by atoms with Crippen molar-refractivity contribution in [3.63, 3.8) is 0 Å². The number of hydrogen-bond acceptors (Lipinski definition) is 4. The van der Waals surface area contributed by atoms with E-state index in [4.69, 9.17) is 4.74 Å². The fraction of sp³-hybridized carbons (Fsp3) is 0.0500. The molecule has 0 atom stereocenters. The van der Waals surface area contributed by atoms with E-state index < -0.39 is 0 Å². The Kier molecular flexibility index (Phi) is 5.03. The first-order valence-electron chi connectivity index (χ1n) is 7.68. The summed E-state index contributed by atoms with van der Waals surface area (Å²) in [6.45, 7) is 0.373. The van der Waals surface area contributed by atoms with Gasteiger partial charge in [-0.25, -0.2) is 0 Å². The SMILES string of the molecule is N#Cc1cc(NC(=O)c2ccncc2)ccc1OCc1ccccc1. The Balaban J connectivity index is 1.71. The largest absolute Gasteiger partial charge is 0.488 e. The molecule has 5 nitrogen and oxygen atoms in total. The second kappa shape index (κ2) is 7.75. The molecule has 122 valence electrons. The first-order chi connectivity index (χ1) is 12.3. The second-order valence-corrected chi connectivity index (χ2v) is 5.29. The molecule has 1 amide bonds. The van der Waals surface area contributed by atoms with Crippen LogP contribution in [0.2, 0.25) is 0 Å². The number of carbonyl (C=O) groups excluding carboxylic acids is 1. The van der Waals surface area contributed by atoms with Crippen molar-refractivity contribution in [2.75, 3.05) is 5.32 Å². The van der Waals surface area contributed by atoms with Crippen molar-refractivity contribution in [2.45, 2.75) is 6.61 Å². The molecule has 0 bridgehead atoms. The van der Waals surface area contributed by atoms with Crippen molar-refractivity contribution < 1.29 is 9.53 Å². The van der Waals surface area contributed by atoms with E-state index in [9.17, 15) is 10.1 Å². The smallest absolute Gasteiger partial charge is 0.255 e. The molecule has 3 rings (SSSR count). The third kappa shape index (κ3) is 4.21. The molecule has 0 fully saturated rings. The Labute approximate surface area is 145 Å². The summed E-state index contributed by atoms with van der Waals surface area (Å²) in [7, 11) is 0. The normalized spacial score (nSPS) is 9.88. The average Bonchev–Trinajstić information content (AvgIpc) is 2.68. The first-order valence-corrected chi connectivity index (χ1v) is 7.68. The van der Waals surface area contributed by atoms with Gasteiger partial charge in [0, 0.05) is 23.6 Å². The molecule has 1 N–H and O–H groups in total. The summed E-state index contributed by atoms with van der Waals surface area (Å²) in [6.07, 6.45) is 3.10. The number of nitrogens with one attached hydrogen (secondary N) is 1. The molecule has 25 heavy (non-hydrogen) atoms. The third-order valence-electron chi connectivity index (χ3n) is 3.54. The topological polar surface area (TPSA) is 75.0 Å². The highest BCUT2D eigenvalue weighted by Crippen LogP contribution is 2.23. The quantitative estimate of drug-likeness (QED) is 0.773. The monoisotopic (exact) mass is 329 g/mol. The lowest BCUT2D eigenvalue weighted by molar-refractivity contribution is 0.102. The lowest BCUT2D eigenvalue weighted by atomic mass is 10.1. The Morgan fingerprint density at radius 3 is 2.56 bits per heavy atom. The molecule has 0 aliphatic carbocycles. The number of carbonyl (C=O) groups is 1. The Bertz CT molecular complexity index is 903. The summed E-state index contributed by atoms with van der Waals surface area (Å²) in [4.78, 5) is 16.0. The third-order valence-corrected chi connectivity index (χ3v) is 3.54. The molecule has 0 aliphatic heterocycles. The number of hydrogen-bond donors (Lipinski definition) is 1. The molecule has 5 heteroatoms. The molecule has 0 unspecified atom stereocenters. The van der Waals surface area contributed by atoms with E-state index in [1.165, 1.54) is 0 Å². The number of benzene rings is 2. The molecule has 1 aromatic heterocycles. The van der Waals surface area contributed by atoms with Gasteiger partial charge in [0.2, 0.25) is 0 Å². The Morgan fingerprint density at radius 2 is 1.84 bits per heavy atom. The Hall–Kier alpha value is -3.65. The van der Waals surface area contributed by atoms with E-state index in [-0.39, 0.29) is 5.91 Å². The maximum Gasteiger partial charge on any atom is 0.255 e. The molecule has 0 aliphatic rings. The van der Waals surface area contributed by atoms with E-state index in [1.54, 1.807) is 42.7 Å². The van der Waals surface area contributed by atoms with Crippen molar-refractivity contribution in [1.82, 2.24) is 4.98 Å². The van der Waals surface area contributed by atoms with Crippen LogP contribution in [0.15, 0.2) is 73.1 Å². The number of anilines is 1. The molecular formula is C20H15N3O2. The van der Waals surface area contributed by atoms with Crippen LogP contribution in [0.5, 0.6) is 5.75 Å². The van der Waals surface area contributed by atoms with Gasteiger partial charge in [0.15, 0.2) is 0 Å². The van der Waals surface area contributed by atoms with Crippen LogP contribution in [0.1, 0.15) is 21.5 Å². The van der Waals surface area contributed by atoms with Crippen molar-refractivity contribution in [1.29, 1.82) is 5.26 Å². The zero-order valence-electron chi connectivity index (χ0n) is 13.3. The lowest BCUT2D eigenvalue weighted by Crippen LogP contribution is -2.12. The highest BCUT2D eigenvalue weighted by Gasteiger charge is 2.09. The minimum atomic E-state index is -0.260. The number of aromatic nitrogens is 1. The molecule has 0 saturated carbocycles. The van der Waals surface area contributed by atoms with Crippen LogP contribution in [0.4, 0.5) is 5.69 Å². The van der Waals surface area contributed by atoms with Crippen LogP contribution in [0, 0.1) is 11.3 Å². The van der Waals surface area contributed by atoms with E-state index in [1.807, 2.05) is 30.3 Å². The van der Waals surface area contributed by atoms with Crippen molar-refractivity contribution in [3.8, 4) is 11.8 Å². The van der Waals surface area contributed by atoms with E-state index in [0.717, 1.165) is 5.56 Å². The van der Waals surface area contributed by atoms with Gasteiger partial charge in [0.25, 0.3) is 5.91 Å². The fourth-order valence-corrected chi connectivity index (χ4v) is 2.26. The number of amides is 1. The van der Waals surface area contributed by atoms with Crippen LogP contribution in [0.3, 0.4) is 0 Å². The predicted octanol–water partition coefficient (Wildman–Crippen LogP) is 3.78. The van der Waals surface area contributed by atoms with Gasteiger partial charge < -0.3 is 10.1 Å². The maximum absolute atomic E-state index is 12.2. The molecule has 3 aromatic rings. The number of rotatable bonds is 5. The number of nitrogens with zero attached hydrogens (tertiary/aromatic N) is 2. The first kappa shape index (κ1) is 16.2. The molecule has 2 aromatic carbocycles. The summed E-state index contributed by atoms with van der Waals surface area (Å²) in [6, 6.07) is 20.0. The molecule has 0 radical (unpaired) electrons. The van der Waals surface area contributed by atoms with Gasteiger partial charge in [-0.15, -0.1) is 0 Å². The molecular weight excluding hydrogens is 314 g/mol. The van der Waals surface area contributed by atoms with Crippen LogP contribution in [0.25, 0.3) is 0 Å². The standard InChI is InChI=1S/C20H15N3O2/c21-13-17-12-18(23-20(24)16-8-10-22-11-9-16)6-7-19(17)25-14-15-4-2-1-3-5-15/h1-12H,14H2,(H,23,24). The van der Waals surface area contributed by atoms with Crippen molar-refractivity contribution >= 4 is 11.6 Å². The van der Waals surface area contributed by atoms with Gasteiger partial charge in [-0.3, -0.25) is 9.78 Å². The minimum Gasteiger partial charge on any atom is -0.488 e. The van der Waals surface area contributed by atoms with Gasteiger partial charge in [-0.2, -0.15) is 5.26 Å². The number of pyridine rings is 1. The van der Waals surface area contributed by atoms with Gasteiger partial charge >= 0.3 is 0 Å². The summed E-state index contributed by atoms with van der Waals surface area (Å²) in [5, 5.41) is 12.1. The number of ether oxygens (including phenoxy) is 1. The summed E-state index contributed by atoms with van der Waals surface area (Å²) >= 11 is 0. The van der Waals surface area contributed by atoms with E-state index in [2.05, 4.69) is 16.4 Å². The zero-order valence-corrected chi connectivity index (χ0v) is 13.3. The van der Waals surface area contributed by atoms with E-state index >= 15 is 0 Å². The molecule has 0 spiro atoms. The van der Waals surface area contributed by atoms with Crippen LogP contribution >= 0.6 is 0 Å². The lowest BCUT2D eigenvalue weighted by Gasteiger charge is -2.10. The van der Waals surface area contributed by atoms with Gasteiger partial charge in [0.1, 0.15) is 18.4 Å². The minimum absolute atomic E-state index is 0.260. The summed E-state index contributed by atoms with van der Waals surface area (Å²) < 4.78 is 5.72. The van der Waals surface area contributed by atoms with Crippen LogP contribution in [-0.4, -0.2) is 10.9 Å². The van der Waals surface area contributed by atoms with Crippen molar-refractivity contribution in [2.24, 2.45) is 0 Å². The molecule has 0 saturated heterocycles. The van der Waals surface area contributed by atoms with Gasteiger partial charge in [-0.1, -0.05) is 30.3 Å². The summed E-state index contributed by atoms with van der Waals surface area (Å²) in [5.74, 6) is 0.220. The van der Waals surface area contributed by atoms with Gasteiger partial charge in [0.05, 0.1) is 5.56 Å². The fourth-order valence-electron chi connectivity index (χ4n) is 2.26. The van der Waals surface area contributed by atoms with Crippen molar-refractivity contribution in [3.05, 3.63) is 89.7 Å².